The molecule has 29 heavy (non-hydrogen) atoms. The van der Waals surface area contributed by atoms with Gasteiger partial charge in [0.1, 0.15) is 13.2 Å². The molecule has 1 saturated heterocycles. The first-order valence-electron chi connectivity index (χ1n) is 8.83. The van der Waals surface area contributed by atoms with E-state index in [4.69, 9.17) is 21.1 Å². The zero-order valence-corrected chi connectivity index (χ0v) is 16.9. The lowest BCUT2D eigenvalue weighted by atomic mass is 10.1. The van der Waals surface area contributed by atoms with Crippen LogP contribution in [0.3, 0.4) is 0 Å². The fourth-order valence-electron chi connectivity index (χ4n) is 3.20. The summed E-state index contributed by atoms with van der Waals surface area (Å²) in [7, 11) is -3.84. The maximum Gasteiger partial charge on any atom is 0.255 e. The molecule has 4 rings (SSSR count). The van der Waals surface area contributed by atoms with Gasteiger partial charge in [-0.3, -0.25) is 9.59 Å². The zero-order valence-electron chi connectivity index (χ0n) is 15.3. The van der Waals surface area contributed by atoms with E-state index in [1.165, 1.54) is 25.1 Å². The highest BCUT2D eigenvalue weighted by Crippen LogP contribution is 2.35. The van der Waals surface area contributed by atoms with Crippen LogP contribution in [-0.2, 0) is 14.8 Å². The zero-order chi connectivity index (χ0) is 20.8. The third-order valence-electron chi connectivity index (χ3n) is 4.59. The minimum absolute atomic E-state index is 0.0316. The van der Waals surface area contributed by atoms with Gasteiger partial charge in [-0.2, -0.15) is 0 Å². The minimum Gasteiger partial charge on any atom is -0.486 e. The molecule has 2 heterocycles. The number of benzene rings is 2. The van der Waals surface area contributed by atoms with Crippen molar-refractivity contribution in [3.8, 4) is 11.5 Å². The number of halogens is 1. The number of nitrogens with zero attached hydrogens (tertiary/aromatic N) is 1. The number of anilines is 2. The Labute approximate surface area is 172 Å². The Morgan fingerprint density at radius 1 is 1.14 bits per heavy atom. The minimum atomic E-state index is -3.84. The second kappa shape index (κ2) is 7.23. The maximum atomic E-state index is 12.7. The molecule has 10 heteroatoms. The van der Waals surface area contributed by atoms with Crippen LogP contribution in [0.4, 0.5) is 11.4 Å². The number of sulfonamides is 1. The van der Waals surface area contributed by atoms with Crippen molar-refractivity contribution in [1.29, 1.82) is 0 Å². The third kappa shape index (κ3) is 3.63. The van der Waals surface area contributed by atoms with Gasteiger partial charge in [0.25, 0.3) is 5.91 Å². The number of carbonyl (C=O) groups excluding carboxylic acids is 2. The highest BCUT2D eigenvalue weighted by atomic mass is 35.5. The van der Waals surface area contributed by atoms with Gasteiger partial charge in [0, 0.05) is 17.3 Å². The van der Waals surface area contributed by atoms with Gasteiger partial charge < -0.3 is 14.8 Å². The topological polar surface area (TPSA) is 102 Å². The molecule has 1 unspecified atom stereocenters. The number of hydrogen-bond donors (Lipinski definition) is 1. The molecule has 2 aliphatic heterocycles. The highest BCUT2D eigenvalue weighted by Gasteiger charge is 2.43. The fraction of sp³-hybridized carbons (Fsp3) is 0.263. The number of rotatable bonds is 3. The van der Waals surface area contributed by atoms with E-state index < -0.39 is 27.8 Å². The van der Waals surface area contributed by atoms with Gasteiger partial charge in [-0.05, 0) is 30.3 Å². The molecule has 1 fully saturated rings. The Morgan fingerprint density at radius 2 is 1.86 bits per heavy atom. The van der Waals surface area contributed by atoms with E-state index >= 15 is 0 Å². The SMILES string of the molecule is CC1CS(=O)(=O)N(c2cc(C(=O)Nc3ccc4c(c3)OCCO4)ccc2Cl)C1=O. The molecular weight excluding hydrogens is 420 g/mol. The second-order valence-electron chi connectivity index (χ2n) is 6.76. The van der Waals surface area contributed by atoms with E-state index in [0.29, 0.717) is 34.7 Å². The lowest BCUT2D eigenvalue weighted by Gasteiger charge is -2.19. The summed E-state index contributed by atoms with van der Waals surface area (Å²) in [6.45, 7) is 2.41. The van der Waals surface area contributed by atoms with Crippen molar-refractivity contribution < 1.29 is 27.5 Å². The van der Waals surface area contributed by atoms with E-state index in [1.807, 2.05) is 0 Å². The third-order valence-corrected chi connectivity index (χ3v) is 6.76. The van der Waals surface area contributed by atoms with Crippen molar-refractivity contribution in [3.63, 3.8) is 0 Å². The molecule has 0 radical (unpaired) electrons. The molecule has 2 amide bonds. The van der Waals surface area contributed by atoms with Crippen molar-refractivity contribution in [2.24, 2.45) is 5.92 Å². The molecule has 8 nitrogen and oxygen atoms in total. The summed E-state index contributed by atoms with van der Waals surface area (Å²) in [5.41, 5.74) is 0.604. The molecule has 2 aliphatic rings. The number of carbonyl (C=O) groups is 2. The van der Waals surface area contributed by atoms with Crippen molar-refractivity contribution in [3.05, 3.63) is 47.0 Å². The molecule has 2 aromatic carbocycles. The summed E-state index contributed by atoms with van der Waals surface area (Å²) in [5.74, 6) is -0.918. The Bertz CT molecular complexity index is 1120. The number of amides is 2. The van der Waals surface area contributed by atoms with Crippen LogP contribution < -0.4 is 19.1 Å². The number of hydrogen-bond acceptors (Lipinski definition) is 6. The van der Waals surface area contributed by atoms with E-state index in [2.05, 4.69) is 5.32 Å². The van der Waals surface area contributed by atoms with Gasteiger partial charge in [0.2, 0.25) is 15.9 Å². The maximum absolute atomic E-state index is 12.7. The smallest absolute Gasteiger partial charge is 0.255 e. The number of nitrogens with one attached hydrogen (secondary N) is 1. The molecule has 0 spiro atoms. The van der Waals surface area contributed by atoms with Gasteiger partial charge in [-0.25, -0.2) is 12.7 Å². The predicted octanol–water partition coefficient (Wildman–Crippen LogP) is 2.68. The average molecular weight is 437 g/mol. The molecule has 152 valence electrons. The Morgan fingerprint density at radius 3 is 2.55 bits per heavy atom. The van der Waals surface area contributed by atoms with Crippen molar-refractivity contribution in [2.75, 3.05) is 28.6 Å². The molecule has 1 N–H and O–H groups in total. The first kappa shape index (κ1) is 19.5. The van der Waals surface area contributed by atoms with Crippen molar-refractivity contribution in [2.45, 2.75) is 6.92 Å². The molecular formula is C19H17ClN2O6S. The molecule has 0 aliphatic carbocycles. The Kier molecular flexibility index (Phi) is 4.87. The monoisotopic (exact) mass is 436 g/mol. The van der Waals surface area contributed by atoms with Gasteiger partial charge in [0.15, 0.2) is 11.5 Å². The molecule has 0 saturated carbocycles. The van der Waals surface area contributed by atoms with E-state index in [9.17, 15) is 18.0 Å². The largest absolute Gasteiger partial charge is 0.486 e. The quantitative estimate of drug-likeness (QED) is 0.793. The first-order chi connectivity index (χ1) is 13.8. The van der Waals surface area contributed by atoms with Crippen LogP contribution in [0, 0.1) is 5.92 Å². The van der Waals surface area contributed by atoms with Crippen LogP contribution in [-0.4, -0.2) is 39.2 Å². The molecule has 0 bridgehead atoms. The van der Waals surface area contributed by atoms with Crippen LogP contribution in [0.5, 0.6) is 11.5 Å². The standard InChI is InChI=1S/C19H17ClN2O6S/c1-11-10-29(25,26)22(19(11)24)15-8-12(2-4-14(15)20)18(23)21-13-3-5-16-17(9-13)28-7-6-27-16/h2-5,8-9,11H,6-7,10H2,1H3,(H,21,23). The first-order valence-corrected chi connectivity index (χ1v) is 10.8. The van der Waals surface area contributed by atoms with Crippen LogP contribution in [0.15, 0.2) is 36.4 Å². The lowest BCUT2D eigenvalue weighted by molar-refractivity contribution is -0.119. The second-order valence-corrected chi connectivity index (χ2v) is 9.03. The normalized spacial score (nSPS) is 19.9. The average Bonchev–Trinajstić information content (AvgIpc) is 2.89. The van der Waals surface area contributed by atoms with E-state index in [1.54, 1.807) is 18.2 Å². The number of ether oxygens (including phenoxy) is 2. The lowest BCUT2D eigenvalue weighted by Crippen LogP contribution is -2.30. The van der Waals surface area contributed by atoms with Crippen LogP contribution >= 0.6 is 11.6 Å². The summed E-state index contributed by atoms with van der Waals surface area (Å²) in [6.07, 6.45) is 0. The Hall–Kier alpha value is -2.78. The van der Waals surface area contributed by atoms with Gasteiger partial charge in [-0.15, -0.1) is 0 Å². The summed E-state index contributed by atoms with van der Waals surface area (Å²) < 4.78 is 36.3. The molecule has 2 aromatic rings. The van der Waals surface area contributed by atoms with Crippen LogP contribution in [0.2, 0.25) is 5.02 Å². The van der Waals surface area contributed by atoms with Crippen molar-refractivity contribution >= 4 is 44.8 Å². The summed E-state index contributed by atoms with van der Waals surface area (Å²) in [6, 6.07) is 9.13. The Balaban J connectivity index is 1.62. The van der Waals surface area contributed by atoms with Crippen LogP contribution in [0.25, 0.3) is 0 Å². The van der Waals surface area contributed by atoms with Gasteiger partial charge in [-0.1, -0.05) is 18.5 Å². The summed E-state index contributed by atoms with van der Waals surface area (Å²) in [5, 5.41) is 2.78. The molecule has 0 aromatic heterocycles. The highest BCUT2D eigenvalue weighted by molar-refractivity contribution is 7.94. The van der Waals surface area contributed by atoms with Gasteiger partial charge in [0.05, 0.1) is 22.4 Å². The fourth-order valence-corrected chi connectivity index (χ4v) is 5.28. The number of fused-ring (bicyclic) bond motifs is 1. The van der Waals surface area contributed by atoms with Crippen molar-refractivity contribution in [1.82, 2.24) is 0 Å². The molecule has 1 atom stereocenters. The van der Waals surface area contributed by atoms with Crippen LogP contribution in [0.1, 0.15) is 17.3 Å². The van der Waals surface area contributed by atoms with E-state index in [0.717, 1.165) is 0 Å². The van der Waals surface area contributed by atoms with E-state index in [-0.39, 0.29) is 22.0 Å². The summed E-state index contributed by atoms with van der Waals surface area (Å²) >= 11 is 6.14. The summed E-state index contributed by atoms with van der Waals surface area (Å²) in [4.78, 5) is 25.0. The predicted molar refractivity (Wildman–Crippen MR) is 107 cm³/mol. The van der Waals surface area contributed by atoms with Gasteiger partial charge >= 0.3 is 0 Å².